The summed E-state index contributed by atoms with van der Waals surface area (Å²) in [5.41, 5.74) is 3.41. The molecule has 4 rings (SSSR count). The first-order valence-corrected chi connectivity index (χ1v) is 9.91. The summed E-state index contributed by atoms with van der Waals surface area (Å²) in [7, 11) is 2.14. The molecule has 29 heavy (non-hydrogen) atoms. The Morgan fingerprint density at radius 2 is 1.93 bits per heavy atom. The van der Waals surface area contributed by atoms with Crippen molar-refractivity contribution < 1.29 is 4.39 Å². The Morgan fingerprint density at radius 3 is 2.66 bits per heavy atom. The minimum atomic E-state index is -0.484. The number of piperidine rings is 1. The number of rotatable bonds is 4. The van der Waals surface area contributed by atoms with Crippen LogP contribution in [0.5, 0.6) is 0 Å². The molecule has 7 heteroatoms. The van der Waals surface area contributed by atoms with Crippen LogP contribution in [0.3, 0.4) is 0 Å². The molecular formula is C22H21ClFN5. The molecule has 1 aromatic heterocycles. The Labute approximate surface area is 174 Å². The van der Waals surface area contributed by atoms with Crippen LogP contribution in [0.15, 0.2) is 42.6 Å². The van der Waals surface area contributed by atoms with Crippen molar-refractivity contribution in [3.05, 3.63) is 59.0 Å². The van der Waals surface area contributed by atoms with Crippen LogP contribution in [0.25, 0.3) is 10.9 Å². The number of pyridine rings is 1. The van der Waals surface area contributed by atoms with Crippen molar-refractivity contribution in [2.45, 2.75) is 18.9 Å². The minimum absolute atomic E-state index is 0.0245. The first-order valence-electron chi connectivity index (χ1n) is 9.53. The molecule has 1 aliphatic heterocycles. The predicted molar refractivity (Wildman–Crippen MR) is 115 cm³/mol. The second kappa shape index (κ2) is 8.24. The van der Waals surface area contributed by atoms with Crippen molar-refractivity contribution in [1.82, 2.24) is 9.88 Å². The van der Waals surface area contributed by atoms with Crippen LogP contribution in [0.4, 0.5) is 21.5 Å². The van der Waals surface area contributed by atoms with Gasteiger partial charge >= 0.3 is 0 Å². The molecule has 2 N–H and O–H groups in total. The molecule has 3 aromatic rings. The Hall–Kier alpha value is -2.88. The molecular weight excluding hydrogens is 389 g/mol. The number of aromatic nitrogens is 1. The van der Waals surface area contributed by atoms with E-state index in [0.29, 0.717) is 23.0 Å². The second-order valence-corrected chi connectivity index (χ2v) is 7.77. The molecule has 5 nitrogen and oxygen atoms in total. The fourth-order valence-corrected chi connectivity index (χ4v) is 3.79. The zero-order valence-corrected chi connectivity index (χ0v) is 16.8. The number of nitrogens with one attached hydrogen (secondary N) is 2. The van der Waals surface area contributed by atoms with Crippen molar-refractivity contribution in [3.8, 4) is 6.07 Å². The lowest BCUT2D eigenvalue weighted by Gasteiger charge is -2.30. The van der Waals surface area contributed by atoms with Crippen LogP contribution in [0.2, 0.25) is 5.02 Å². The van der Waals surface area contributed by atoms with E-state index in [9.17, 15) is 9.65 Å². The van der Waals surface area contributed by atoms with Gasteiger partial charge in [-0.15, -0.1) is 0 Å². The van der Waals surface area contributed by atoms with Gasteiger partial charge in [0.1, 0.15) is 11.9 Å². The van der Waals surface area contributed by atoms with Gasteiger partial charge < -0.3 is 15.5 Å². The molecule has 0 bridgehead atoms. The lowest BCUT2D eigenvalue weighted by molar-refractivity contribution is 0.264. The molecule has 0 unspecified atom stereocenters. The van der Waals surface area contributed by atoms with E-state index in [-0.39, 0.29) is 5.02 Å². The fraction of sp³-hybridized carbons (Fsp3) is 0.273. The molecule has 0 spiro atoms. The highest BCUT2D eigenvalue weighted by Crippen LogP contribution is 2.32. The van der Waals surface area contributed by atoms with E-state index >= 15 is 0 Å². The smallest absolute Gasteiger partial charge is 0.141 e. The van der Waals surface area contributed by atoms with Gasteiger partial charge in [0, 0.05) is 29.0 Å². The van der Waals surface area contributed by atoms with Crippen molar-refractivity contribution in [1.29, 1.82) is 5.26 Å². The second-order valence-electron chi connectivity index (χ2n) is 7.37. The van der Waals surface area contributed by atoms with Crippen molar-refractivity contribution in [2.75, 3.05) is 30.8 Å². The van der Waals surface area contributed by atoms with E-state index in [2.05, 4.69) is 33.6 Å². The number of hydrogen-bond acceptors (Lipinski definition) is 5. The highest BCUT2D eigenvalue weighted by Gasteiger charge is 2.17. The SMILES string of the molecule is CN1CCC(Nc2ccc3ncc(C#N)c(Nc4ccc(F)c(Cl)c4)c3c2)CC1. The summed E-state index contributed by atoms with van der Waals surface area (Å²) in [5, 5.41) is 17.2. The third kappa shape index (κ3) is 4.26. The molecule has 1 saturated heterocycles. The number of benzene rings is 2. The van der Waals surface area contributed by atoms with Crippen LogP contribution < -0.4 is 10.6 Å². The van der Waals surface area contributed by atoms with Gasteiger partial charge in [0.05, 0.1) is 21.8 Å². The number of fused-ring (bicyclic) bond motifs is 1. The number of nitriles is 1. The molecule has 0 atom stereocenters. The average Bonchev–Trinajstić information content (AvgIpc) is 2.73. The van der Waals surface area contributed by atoms with Crippen molar-refractivity contribution >= 4 is 39.6 Å². The van der Waals surface area contributed by atoms with E-state index in [0.717, 1.165) is 42.5 Å². The number of likely N-dealkylation sites (tertiary alicyclic amines) is 1. The van der Waals surface area contributed by atoms with E-state index in [4.69, 9.17) is 11.6 Å². The van der Waals surface area contributed by atoms with E-state index in [1.165, 1.54) is 12.1 Å². The minimum Gasteiger partial charge on any atom is -0.382 e. The summed E-state index contributed by atoms with van der Waals surface area (Å²) in [6, 6.07) is 13.0. The van der Waals surface area contributed by atoms with Gasteiger partial charge in [-0.05, 0) is 69.4 Å². The van der Waals surface area contributed by atoms with Gasteiger partial charge in [0.25, 0.3) is 0 Å². The molecule has 1 fully saturated rings. The number of halogens is 2. The Morgan fingerprint density at radius 1 is 1.17 bits per heavy atom. The average molecular weight is 410 g/mol. The molecule has 0 aliphatic carbocycles. The molecule has 0 radical (unpaired) electrons. The number of nitrogens with zero attached hydrogens (tertiary/aromatic N) is 3. The fourth-order valence-electron chi connectivity index (χ4n) is 3.61. The molecule has 2 heterocycles. The summed E-state index contributed by atoms with van der Waals surface area (Å²) < 4.78 is 13.5. The van der Waals surface area contributed by atoms with Gasteiger partial charge in [-0.3, -0.25) is 4.98 Å². The summed E-state index contributed by atoms with van der Waals surface area (Å²) in [6.45, 7) is 2.15. The first kappa shape index (κ1) is 19.4. The van der Waals surface area contributed by atoms with E-state index in [1.54, 1.807) is 12.3 Å². The maximum absolute atomic E-state index is 13.5. The van der Waals surface area contributed by atoms with Crippen LogP contribution in [-0.2, 0) is 0 Å². The van der Waals surface area contributed by atoms with Crippen molar-refractivity contribution in [2.24, 2.45) is 0 Å². The zero-order valence-electron chi connectivity index (χ0n) is 16.0. The highest BCUT2D eigenvalue weighted by atomic mass is 35.5. The highest BCUT2D eigenvalue weighted by molar-refractivity contribution is 6.31. The third-order valence-corrected chi connectivity index (χ3v) is 5.56. The summed E-state index contributed by atoms with van der Waals surface area (Å²) in [6.07, 6.45) is 3.72. The third-order valence-electron chi connectivity index (χ3n) is 5.27. The Kier molecular flexibility index (Phi) is 5.52. The van der Waals surface area contributed by atoms with Gasteiger partial charge in [0.2, 0.25) is 0 Å². The van der Waals surface area contributed by atoms with Crippen LogP contribution in [0.1, 0.15) is 18.4 Å². The first-order chi connectivity index (χ1) is 14.0. The lowest BCUT2D eigenvalue weighted by atomic mass is 10.0. The van der Waals surface area contributed by atoms with Crippen LogP contribution in [-0.4, -0.2) is 36.1 Å². The van der Waals surface area contributed by atoms with Crippen LogP contribution >= 0.6 is 11.6 Å². The van der Waals surface area contributed by atoms with Gasteiger partial charge in [0.15, 0.2) is 0 Å². The topological polar surface area (TPSA) is 64.0 Å². The Balaban J connectivity index is 1.69. The normalized spacial score (nSPS) is 15.2. The van der Waals surface area contributed by atoms with Gasteiger partial charge in [-0.1, -0.05) is 11.6 Å². The molecule has 1 aliphatic rings. The molecule has 148 valence electrons. The number of anilines is 3. The standard InChI is InChI=1S/C22H21ClFN5/c1-29-8-6-15(7-9-29)27-16-3-5-21-18(10-16)22(14(12-25)13-26-21)28-17-2-4-20(24)19(23)11-17/h2-5,10-11,13,15,27H,6-9H2,1H3,(H,26,28). The summed E-state index contributed by atoms with van der Waals surface area (Å²) in [5.74, 6) is -0.484. The lowest BCUT2D eigenvalue weighted by Crippen LogP contribution is -2.36. The largest absolute Gasteiger partial charge is 0.382 e. The van der Waals surface area contributed by atoms with E-state index in [1.807, 2.05) is 18.2 Å². The van der Waals surface area contributed by atoms with Gasteiger partial charge in [-0.2, -0.15) is 5.26 Å². The van der Waals surface area contributed by atoms with E-state index < -0.39 is 5.82 Å². The predicted octanol–water partition coefficient (Wildman–Crippen LogP) is 5.15. The quantitative estimate of drug-likeness (QED) is 0.624. The summed E-state index contributed by atoms with van der Waals surface area (Å²) in [4.78, 5) is 6.73. The monoisotopic (exact) mass is 409 g/mol. The maximum atomic E-state index is 13.5. The molecule has 0 saturated carbocycles. The van der Waals surface area contributed by atoms with Gasteiger partial charge in [-0.25, -0.2) is 4.39 Å². The molecule has 2 aromatic carbocycles. The van der Waals surface area contributed by atoms with Crippen LogP contribution in [0, 0.1) is 17.1 Å². The molecule has 0 amide bonds. The zero-order chi connectivity index (χ0) is 20.4. The van der Waals surface area contributed by atoms with Crippen molar-refractivity contribution in [3.63, 3.8) is 0 Å². The number of hydrogen-bond donors (Lipinski definition) is 2. The Bertz CT molecular complexity index is 1090. The maximum Gasteiger partial charge on any atom is 0.141 e. The summed E-state index contributed by atoms with van der Waals surface area (Å²) >= 11 is 5.91.